The third-order valence-electron chi connectivity index (χ3n) is 1.95. The molecule has 2 rings (SSSR count). The Morgan fingerprint density at radius 2 is 2.00 bits per heavy atom. The van der Waals surface area contributed by atoms with Gasteiger partial charge in [-0.2, -0.15) is 4.98 Å². The molecule has 5 nitrogen and oxygen atoms in total. The van der Waals surface area contributed by atoms with E-state index in [-0.39, 0.29) is 17.5 Å². The number of carboxylic acid groups (broad SMARTS) is 1. The van der Waals surface area contributed by atoms with Gasteiger partial charge in [0.15, 0.2) is 17.3 Å². The van der Waals surface area contributed by atoms with E-state index in [9.17, 15) is 13.6 Å². The van der Waals surface area contributed by atoms with E-state index >= 15 is 0 Å². The van der Waals surface area contributed by atoms with Gasteiger partial charge in [-0.15, -0.1) is 0 Å². The maximum Gasteiger partial charge on any atom is 0.354 e. The van der Waals surface area contributed by atoms with Crippen LogP contribution in [0.25, 0.3) is 0 Å². The van der Waals surface area contributed by atoms with Crippen molar-refractivity contribution in [1.82, 2.24) is 9.97 Å². The molecule has 92 valence electrons. The molecule has 0 spiro atoms. The Kier molecular flexibility index (Phi) is 3.13. The summed E-state index contributed by atoms with van der Waals surface area (Å²) in [5, 5.41) is 8.70. The Balaban J connectivity index is 2.25. The minimum Gasteiger partial charge on any atom is -0.477 e. The number of nitrogens with zero attached hydrogens (tertiary/aromatic N) is 2. The molecule has 2 aromatic rings. The number of benzene rings is 1. The summed E-state index contributed by atoms with van der Waals surface area (Å²) in [5.41, 5.74) is -0.261. The Hall–Kier alpha value is -2.57. The molecular formula is C11H6F2N2O3. The molecule has 0 aliphatic carbocycles. The average Bonchev–Trinajstić information content (AvgIpc) is 2.34. The second-order valence-corrected chi connectivity index (χ2v) is 3.21. The number of hydrogen-bond acceptors (Lipinski definition) is 4. The predicted octanol–water partition coefficient (Wildman–Crippen LogP) is 2.25. The van der Waals surface area contributed by atoms with Crippen LogP contribution in [-0.4, -0.2) is 21.0 Å². The van der Waals surface area contributed by atoms with Crippen molar-refractivity contribution >= 4 is 5.97 Å². The van der Waals surface area contributed by atoms with Crippen molar-refractivity contribution in [2.24, 2.45) is 0 Å². The maximum atomic E-state index is 12.9. The minimum absolute atomic E-state index is 0.0311. The average molecular weight is 252 g/mol. The standard InChI is InChI=1S/C11H6F2N2O3/c12-7-2-1-6(5-8(7)13)18-11-14-4-3-9(15-11)10(16)17/h1-5H,(H,16,17). The largest absolute Gasteiger partial charge is 0.477 e. The first-order valence-corrected chi connectivity index (χ1v) is 4.75. The number of aromatic carboxylic acids is 1. The molecule has 18 heavy (non-hydrogen) atoms. The van der Waals surface area contributed by atoms with Crippen molar-refractivity contribution in [3.63, 3.8) is 0 Å². The fourth-order valence-electron chi connectivity index (χ4n) is 1.15. The lowest BCUT2D eigenvalue weighted by molar-refractivity contribution is 0.0689. The Morgan fingerprint density at radius 3 is 2.67 bits per heavy atom. The molecule has 0 aliphatic rings. The van der Waals surface area contributed by atoms with Gasteiger partial charge in [-0.25, -0.2) is 18.6 Å². The Labute approximate surface area is 99.7 Å². The molecule has 0 bridgehead atoms. The van der Waals surface area contributed by atoms with Crippen molar-refractivity contribution in [3.8, 4) is 11.8 Å². The fraction of sp³-hybridized carbons (Fsp3) is 0. The van der Waals surface area contributed by atoms with Gasteiger partial charge in [0.1, 0.15) is 5.75 Å². The summed E-state index contributed by atoms with van der Waals surface area (Å²) >= 11 is 0. The molecule has 1 heterocycles. The zero-order valence-corrected chi connectivity index (χ0v) is 8.80. The summed E-state index contributed by atoms with van der Waals surface area (Å²) in [4.78, 5) is 17.9. The lowest BCUT2D eigenvalue weighted by Crippen LogP contribution is -2.02. The van der Waals surface area contributed by atoms with Crippen LogP contribution in [-0.2, 0) is 0 Å². The van der Waals surface area contributed by atoms with Gasteiger partial charge >= 0.3 is 12.0 Å². The molecule has 1 aromatic heterocycles. The van der Waals surface area contributed by atoms with Crippen molar-refractivity contribution in [2.75, 3.05) is 0 Å². The van der Waals surface area contributed by atoms with Crippen molar-refractivity contribution in [2.45, 2.75) is 0 Å². The normalized spacial score (nSPS) is 10.1. The highest BCUT2D eigenvalue weighted by Crippen LogP contribution is 2.20. The molecular weight excluding hydrogens is 246 g/mol. The van der Waals surface area contributed by atoms with Crippen LogP contribution in [0.3, 0.4) is 0 Å². The van der Waals surface area contributed by atoms with Crippen LogP contribution in [0.4, 0.5) is 8.78 Å². The van der Waals surface area contributed by atoms with Crippen molar-refractivity contribution in [3.05, 3.63) is 47.8 Å². The molecule has 7 heteroatoms. The summed E-state index contributed by atoms with van der Waals surface area (Å²) in [7, 11) is 0. The highest BCUT2D eigenvalue weighted by Gasteiger charge is 2.09. The number of rotatable bonds is 3. The van der Waals surface area contributed by atoms with Gasteiger partial charge in [-0.1, -0.05) is 0 Å². The lowest BCUT2D eigenvalue weighted by Gasteiger charge is -2.04. The SMILES string of the molecule is O=C(O)c1ccnc(Oc2ccc(F)c(F)c2)n1. The maximum absolute atomic E-state index is 12.9. The molecule has 0 saturated carbocycles. The summed E-state index contributed by atoms with van der Waals surface area (Å²) in [6.45, 7) is 0. The van der Waals surface area contributed by atoms with E-state index in [4.69, 9.17) is 9.84 Å². The van der Waals surface area contributed by atoms with Crippen molar-refractivity contribution < 1.29 is 23.4 Å². The fourth-order valence-corrected chi connectivity index (χ4v) is 1.15. The van der Waals surface area contributed by atoms with E-state index in [1.807, 2.05) is 0 Å². The van der Waals surface area contributed by atoms with Crippen LogP contribution in [0.5, 0.6) is 11.8 Å². The number of aromatic nitrogens is 2. The topological polar surface area (TPSA) is 72.3 Å². The number of hydrogen-bond donors (Lipinski definition) is 1. The summed E-state index contributed by atoms with van der Waals surface area (Å²) < 4.78 is 30.6. The van der Waals surface area contributed by atoms with Gasteiger partial charge in [0.05, 0.1) is 0 Å². The van der Waals surface area contributed by atoms with Gasteiger partial charge in [0.2, 0.25) is 0 Å². The molecule has 0 unspecified atom stereocenters. The molecule has 1 aromatic carbocycles. The van der Waals surface area contributed by atoms with Gasteiger partial charge < -0.3 is 9.84 Å². The molecule has 0 fully saturated rings. The monoisotopic (exact) mass is 252 g/mol. The van der Waals surface area contributed by atoms with Gasteiger partial charge in [0, 0.05) is 12.3 Å². The Bertz CT molecular complexity index is 605. The van der Waals surface area contributed by atoms with E-state index in [1.165, 1.54) is 18.3 Å². The van der Waals surface area contributed by atoms with Crippen LogP contribution < -0.4 is 4.74 Å². The summed E-state index contributed by atoms with van der Waals surface area (Å²) in [5.74, 6) is -3.37. The van der Waals surface area contributed by atoms with E-state index in [2.05, 4.69) is 9.97 Å². The van der Waals surface area contributed by atoms with Crippen LogP contribution >= 0.6 is 0 Å². The molecule has 0 saturated heterocycles. The number of carboxylic acids is 1. The zero-order valence-electron chi connectivity index (χ0n) is 8.80. The first kappa shape index (κ1) is 11.9. The molecule has 0 aliphatic heterocycles. The zero-order chi connectivity index (χ0) is 13.1. The highest BCUT2D eigenvalue weighted by molar-refractivity contribution is 5.85. The van der Waals surface area contributed by atoms with Crippen LogP contribution in [0, 0.1) is 11.6 Å². The van der Waals surface area contributed by atoms with Crippen LogP contribution in [0.2, 0.25) is 0 Å². The highest BCUT2D eigenvalue weighted by atomic mass is 19.2. The van der Waals surface area contributed by atoms with Crippen molar-refractivity contribution in [1.29, 1.82) is 0 Å². The molecule has 0 atom stereocenters. The Morgan fingerprint density at radius 1 is 1.22 bits per heavy atom. The van der Waals surface area contributed by atoms with E-state index in [1.54, 1.807) is 0 Å². The number of halogens is 2. The first-order valence-electron chi connectivity index (χ1n) is 4.75. The summed E-state index contributed by atoms with van der Waals surface area (Å²) in [6.07, 6.45) is 1.19. The molecule has 0 amide bonds. The third-order valence-corrected chi connectivity index (χ3v) is 1.95. The van der Waals surface area contributed by atoms with Gasteiger partial charge in [0.25, 0.3) is 0 Å². The van der Waals surface area contributed by atoms with Gasteiger partial charge in [-0.3, -0.25) is 0 Å². The van der Waals surface area contributed by atoms with E-state index in [0.717, 1.165) is 12.1 Å². The lowest BCUT2D eigenvalue weighted by atomic mass is 10.3. The number of carbonyl (C=O) groups is 1. The first-order chi connectivity index (χ1) is 8.56. The van der Waals surface area contributed by atoms with E-state index < -0.39 is 17.6 Å². The molecule has 1 N–H and O–H groups in total. The second kappa shape index (κ2) is 4.74. The smallest absolute Gasteiger partial charge is 0.354 e. The number of ether oxygens (including phenoxy) is 1. The summed E-state index contributed by atoms with van der Waals surface area (Å²) in [6, 6.07) is 3.79. The van der Waals surface area contributed by atoms with Gasteiger partial charge in [-0.05, 0) is 18.2 Å². The van der Waals surface area contributed by atoms with Crippen LogP contribution in [0.15, 0.2) is 30.5 Å². The quantitative estimate of drug-likeness (QED) is 0.906. The predicted molar refractivity (Wildman–Crippen MR) is 55.4 cm³/mol. The van der Waals surface area contributed by atoms with Crippen LogP contribution in [0.1, 0.15) is 10.5 Å². The minimum atomic E-state index is -1.24. The molecule has 0 radical (unpaired) electrons. The van der Waals surface area contributed by atoms with E-state index in [0.29, 0.717) is 0 Å². The second-order valence-electron chi connectivity index (χ2n) is 3.21. The third kappa shape index (κ3) is 2.57.